The van der Waals surface area contributed by atoms with E-state index in [1.807, 2.05) is 34.6 Å². The maximum absolute atomic E-state index is 12.1. The molecule has 1 radical (unpaired) electrons. The molecule has 1 atom stereocenters. The van der Waals surface area contributed by atoms with Crippen LogP contribution < -0.4 is 5.73 Å². The molecule has 1 unspecified atom stereocenters. The summed E-state index contributed by atoms with van der Waals surface area (Å²) in [5, 5.41) is 0. The Morgan fingerprint density at radius 1 is 1.47 bits per heavy atom. The number of ether oxygens (including phenoxy) is 1. The van der Waals surface area contributed by atoms with Crippen molar-refractivity contribution in [1.29, 1.82) is 0 Å². The summed E-state index contributed by atoms with van der Waals surface area (Å²) >= 11 is 0. The molecule has 1 aliphatic rings. The lowest BCUT2D eigenvalue weighted by atomic mass is 9.86. The fraction of sp³-hybridized carbons (Fsp3) is 0.909. The Hall–Kier alpha value is -0.610. The van der Waals surface area contributed by atoms with Crippen LogP contribution >= 0.6 is 0 Å². The number of carbonyl (C=O) groups is 1. The summed E-state index contributed by atoms with van der Waals surface area (Å²) in [7, 11) is 0. The van der Waals surface area contributed by atoms with Gasteiger partial charge >= 0.3 is 0 Å². The molecule has 87 valence electrons. The summed E-state index contributed by atoms with van der Waals surface area (Å²) in [5.74, 6) is -0.134. The summed E-state index contributed by atoms with van der Waals surface area (Å²) in [6.45, 7) is 10.5. The molecule has 0 aliphatic carbocycles. The van der Waals surface area contributed by atoms with E-state index in [2.05, 4.69) is 0 Å². The lowest BCUT2D eigenvalue weighted by Gasteiger charge is -2.34. The van der Waals surface area contributed by atoms with E-state index in [0.717, 1.165) is 0 Å². The highest BCUT2D eigenvalue weighted by atomic mass is 16.5. The second kappa shape index (κ2) is 3.76. The first-order chi connectivity index (χ1) is 6.66. The van der Waals surface area contributed by atoms with Gasteiger partial charge in [0.25, 0.3) is 0 Å². The highest BCUT2D eigenvalue weighted by molar-refractivity contribution is 5.83. The Balaban J connectivity index is 2.77. The molecule has 0 aromatic rings. The molecule has 4 heteroatoms. The van der Waals surface area contributed by atoms with Gasteiger partial charge in [-0.3, -0.25) is 4.79 Å². The standard InChI is InChI=1S/C11H21N2O2/c1-10(2,3)8(12)9(14)13-7-15-6-11(13,4)5/h8,12H,6-7H2,1-5H3. The molecule has 1 N–H and O–H groups in total. The average Bonchev–Trinajstić information content (AvgIpc) is 2.41. The fourth-order valence-electron chi connectivity index (χ4n) is 1.53. The van der Waals surface area contributed by atoms with Crippen molar-refractivity contribution in [3.05, 3.63) is 0 Å². The Morgan fingerprint density at radius 2 is 2.00 bits per heavy atom. The van der Waals surface area contributed by atoms with Crippen LogP contribution in [0.2, 0.25) is 0 Å². The van der Waals surface area contributed by atoms with Gasteiger partial charge in [0.1, 0.15) is 12.8 Å². The maximum Gasteiger partial charge on any atom is 0.243 e. The number of nitrogens with zero attached hydrogens (tertiary/aromatic N) is 1. The van der Waals surface area contributed by atoms with Gasteiger partial charge in [0.2, 0.25) is 5.91 Å². The molecule has 1 rings (SSSR count). The van der Waals surface area contributed by atoms with Crippen LogP contribution in [0.4, 0.5) is 0 Å². The molecule has 1 aliphatic heterocycles. The Labute approximate surface area is 91.8 Å². The van der Waals surface area contributed by atoms with E-state index < -0.39 is 6.04 Å². The first-order valence-corrected chi connectivity index (χ1v) is 5.26. The zero-order chi connectivity index (χ0) is 11.9. The normalized spacial score (nSPS) is 22.9. The van der Waals surface area contributed by atoms with Gasteiger partial charge in [-0.05, 0) is 19.3 Å². The lowest BCUT2D eigenvalue weighted by molar-refractivity contribution is -0.139. The van der Waals surface area contributed by atoms with Gasteiger partial charge in [-0.25, -0.2) is 5.73 Å². The van der Waals surface area contributed by atoms with Crippen LogP contribution in [-0.4, -0.2) is 35.7 Å². The smallest absolute Gasteiger partial charge is 0.243 e. The second-order valence-corrected chi connectivity index (χ2v) is 5.86. The summed E-state index contributed by atoms with van der Waals surface area (Å²) in [5.41, 5.74) is 7.32. The Kier molecular flexibility index (Phi) is 3.12. The van der Waals surface area contributed by atoms with Gasteiger partial charge in [-0.15, -0.1) is 0 Å². The van der Waals surface area contributed by atoms with Gasteiger partial charge < -0.3 is 9.64 Å². The van der Waals surface area contributed by atoms with Gasteiger partial charge in [0.05, 0.1) is 12.1 Å². The number of rotatable bonds is 1. The van der Waals surface area contributed by atoms with Crippen molar-refractivity contribution >= 4 is 5.91 Å². The van der Waals surface area contributed by atoms with Crippen molar-refractivity contribution in [2.24, 2.45) is 5.41 Å². The van der Waals surface area contributed by atoms with E-state index in [1.165, 1.54) is 0 Å². The quantitative estimate of drug-likeness (QED) is 0.659. The minimum absolute atomic E-state index is 0.134. The van der Waals surface area contributed by atoms with E-state index >= 15 is 0 Å². The molecule has 0 bridgehead atoms. The molecular weight excluding hydrogens is 192 g/mol. The fourth-order valence-corrected chi connectivity index (χ4v) is 1.53. The van der Waals surface area contributed by atoms with E-state index in [0.29, 0.717) is 13.3 Å². The van der Waals surface area contributed by atoms with E-state index in [4.69, 9.17) is 10.5 Å². The SMILES string of the molecule is CC(C)(C)C([NH])C(=O)N1COCC1(C)C. The molecule has 15 heavy (non-hydrogen) atoms. The molecule has 0 aromatic carbocycles. The largest absolute Gasteiger partial charge is 0.359 e. The van der Waals surface area contributed by atoms with Crippen molar-refractivity contribution in [1.82, 2.24) is 10.6 Å². The molecular formula is C11H21N2O2. The van der Waals surface area contributed by atoms with E-state index in [-0.39, 0.29) is 16.9 Å². The minimum Gasteiger partial charge on any atom is -0.359 e. The summed E-state index contributed by atoms with van der Waals surface area (Å²) < 4.78 is 5.28. The van der Waals surface area contributed by atoms with Crippen LogP contribution in [-0.2, 0) is 9.53 Å². The van der Waals surface area contributed by atoms with Crippen molar-refractivity contribution in [3.63, 3.8) is 0 Å². The zero-order valence-corrected chi connectivity index (χ0v) is 10.3. The molecule has 1 saturated heterocycles. The topological polar surface area (TPSA) is 53.3 Å². The zero-order valence-electron chi connectivity index (χ0n) is 10.3. The highest BCUT2D eigenvalue weighted by Crippen LogP contribution is 2.27. The number of amides is 1. The van der Waals surface area contributed by atoms with E-state index in [9.17, 15) is 4.79 Å². The van der Waals surface area contributed by atoms with Gasteiger partial charge in [-0.1, -0.05) is 20.8 Å². The van der Waals surface area contributed by atoms with Crippen LogP contribution in [0.15, 0.2) is 0 Å². The highest BCUT2D eigenvalue weighted by Gasteiger charge is 2.41. The van der Waals surface area contributed by atoms with Gasteiger partial charge in [0, 0.05) is 0 Å². The summed E-state index contributed by atoms with van der Waals surface area (Å²) in [6, 6.07) is -0.724. The number of hydrogen-bond donors (Lipinski definition) is 0. The summed E-state index contributed by atoms with van der Waals surface area (Å²) in [6.07, 6.45) is 0. The van der Waals surface area contributed by atoms with Crippen molar-refractivity contribution in [2.75, 3.05) is 13.3 Å². The molecule has 0 spiro atoms. The monoisotopic (exact) mass is 213 g/mol. The van der Waals surface area contributed by atoms with Crippen LogP contribution in [0.3, 0.4) is 0 Å². The molecule has 1 fully saturated rings. The van der Waals surface area contributed by atoms with Crippen LogP contribution in [0.5, 0.6) is 0 Å². The van der Waals surface area contributed by atoms with Crippen LogP contribution in [0.25, 0.3) is 0 Å². The summed E-state index contributed by atoms with van der Waals surface area (Å²) in [4.78, 5) is 13.7. The Morgan fingerprint density at radius 3 is 2.33 bits per heavy atom. The first kappa shape index (κ1) is 12.5. The first-order valence-electron chi connectivity index (χ1n) is 5.26. The molecule has 1 amide bonds. The van der Waals surface area contributed by atoms with Gasteiger partial charge in [0.15, 0.2) is 0 Å². The number of nitrogens with one attached hydrogen (secondary N) is 1. The number of carbonyl (C=O) groups excluding carboxylic acids is 1. The van der Waals surface area contributed by atoms with Crippen LogP contribution in [0.1, 0.15) is 34.6 Å². The molecule has 1 heterocycles. The van der Waals surface area contributed by atoms with Crippen LogP contribution in [0, 0.1) is 5.41 Å². The average molecular weight is 213 g/mol. The van der Waals surface area contributed by atoms with E-state index in [1.54, 1.807) is 4.90 Å². The third-order valence-corrected chi connectivity index (χ3v) is 2.79. The maximum atomic E-state index is 12.1. The minimum atomic E-state index is -0.724. The molecule has 4 nitrogen and oxygen atoms in total. The predicted octanol–water partition coefficient (Wildman–Crippen LogP) is 1.28. The third kappa shape index (κ3) is 2.49. The van der Waals surface area contributed by atoms with Crippen molar-refractivity contribution < 1.29 is 9.53 Å². The molecule has 0 saturated carbocycles. The molecule has 0 aromatic heterocycles. The Bertz CT molecular complexity index is 256. The number of hydrogen-bond acceptors (Lipinski definition) is 2. The van der Waals surface area contributed by atoms with Crippen molar-refractivity contribution in [2.45, 2.75) is 46.2 Å². The third-order valence-electron chi connectivity index (χ3n) is 2.79. The van der Waals surface area contributed by atoms with Gasteiger partial charge in [-0.2, -0.15) is 0 Å². The predicted molar refractivity (Wildman–Crippen MR) is 58.1 cm³/mol. The van der Waals surface area contributed by atoms with Crippen molar-refractivity contribution in [3.8, 4) is 0 Å². The second-order valence-electron chi connectivity index (χ2n) is 5.86. The lowest BCUT2D eigenvalue weighted by Crippen LogP contribution is -2.52.